The summed E-state index contributed by atoms with van der Waals surface area (Å²) in [5, 5.41) is 4.05. The Morgan fingerprint density at radius 3 is 2.92 bits per heavy atom. The van der Waals surface area contributed by atoms with Crippen molar-refractivity contribution < 1.29 is 9.53 Å². The van der Waals surface area contributed by atoms with Gasteiger partial charge < -0.3 is 15.0 Å². The fourth-order valence-corrected chi connectivity index (χ4v) is 3.31. The molecule has 0 amide bonds. The molecule has 1 aliphatic heterocycles. The first-order valence-electron chi connectivity index (χ1n) is 9.41. The Morgan fingerprint density at radius 1 is 1.31 bits per heavy atom. The quantitative estimate of drug-likeness (QED) is 0.443. The van der Waals surface area contributed by atoms with Gasteiger partial charge in [-0.1, -0.05) is 6.07 Å². The summed E-state index contributed by atoms with van der Waals surface area (Å²) in [5.41, 5.74) is 2.19. The van der Waals surface area contributed by atoms with Gasteiger partial charge in [0.15, 0.2) is 5.11 Å². The topological polar surface area (TPSA) is 57.7 Å². The minimum absolute atomic E-state index is 0.143. The lowest BCUT2D eigenvalue weighted by atomic mass is 10.3. The minimum atomic E-state index is -0.143. The lowest BCUT2D eigenvalue weighted by Gasteiger charge is -2.24. The molecule has 0 radical (unpaired) electrons. The van der Waals surface area contributed by atoms with Gasteiger partial charge in [-0.15, -0.1) is 0 Å². The second kappa shape index (κ2) is 11.1. The van der Waals surface area contributed by atoms with E-state index in [-0.39, 0.29) is 5.97 Å². The lowest BCUT2D eigenvalue weighted by Crippen LogP contribution is -2.42. The van der Waals surface area contributed by atoms with E-state index in [1.165, 1.54) is 0 Å². The summed E-state index contributed by atoms with van der Waals surface area (Å²) in [4.78, 5) is 20.6. The summed E-state index contributed by atoms with van der Waals surface area (Å²) in [6, 6.07) is 6.18. The molecule has 1 aromatic heterocycles. The minimum Gasteiger partial charge on any atom is -0.466 e. The number of esters is 1. The van der Waals surface area contributed by atoms with Gasteiger partial charge in [-0.25, -0.2) is 0 Å². The van der Waals surface area contributed by atoms with E-state index in [1.807, 2.05) is 19.9 Å². The highest BCUT2D eigenvalue weighted by atomic mass is 32.1. The molecule has 6 nitrogen and oxygen atoms in total. The van der Waals surface area contributed by atoms with Gasteiger partial charge in [-0.2, -0.15) is 0 Å². The van der Waals surface area contributed by atoms with E-state index < -0.39 is 0 Å². The van der Waals surface area contributed by atoms with Crippen LogP contribution in [-0.2, 0) is 16.1 Å². The van der Waals surface area contributed by atoms with E-state index in [1.54, 1.807) is 0 Å². The van der Waals surface area contributed by atoms with Crippen LogP contribution in [0.5, 0.6) is 0 Å². The van der Waals surface area contributed by atoms with Crippen LogP contribution in [0.25, 0.3) is 0 Å². The zero-order valence-corrected chi connectivity index (χ0v) is 16.7. The number of aryl methyl sites for hydroxylation is 1. The summed E-state index contributed by atoms with van der Waals surface area (Å²) in [6.07, 6.45) is 2.25. The van der Waals surface area contributed by atoms with Crippen molar-refractivity contribution in [3.05, 3.63) is 29.6 Å². The van der Waals surface area contributed by atoms with Crippen molar-refractivity contribution in [2.75, 3.05) is 39.3 Å². The molecule has 1 saturated heterocycles. The average molecular weight is 379 g/mol. The van der Waals surface area contributed by atoms with Gasteiger partial charge in [0.1, 0.15) is 0 Å². The summed E-state index contributed by atoms with van der Waals surface area (Å²) < 4.78 is 4.93. The molecule has 0 bridgehead atoms. The zero-order valence-electron chi connectivity index (χ0n) is 15.9. The van der Waals surface area contributed by atoms with Crippen LogP contribution in [-0.4, -0.2) is 65.2 Å². The molecular weight excluding hydrogens is 348 g/mol. The average Bonchev–Trinajstić information content (AvgIpc) is 2.84. The molecule has 0 atom stereocenters. The van der Waals surface area contributed by atoms with Gasteiger partial charge in [-0.05, 0) is 51.0 Å². The Bertz CT molecular complexity index is 597. The van der Waals surface area contributed by atoms with Crippen molar-refractivity contribution in [2.45, 2.75) is 39.7 Å². The Kier molecular flexibility index (Phi) is 8.77. The van der Waals surface area contributed by atoms with Crippen LogP contribution in [0.4, 0.5) is 0 Å². The molecule has 0 spiro atoms. The molecule has 2 heterocycles. The number of carbonyl (C=O) groups excluding carboxylic acids is 1. The highest BCUT2D eigenvalue weighted by Gasteiger charge is 2.17. The molecule has 1 N–H and O–H groups in total. The molecule has 1 aromatic rings. The molecule has 1 fully saturated rings. The monoisotopic (exact) mass is 378 g/mol. The smallest absolute Gasteiger partial charge is 0.305 e. The number of hydrogen-bond acceptors (Lipinski definition) is 5. The first-order valence-corrected chi connectivity index (χ1v) is 9.82. The molecule has 7 heteroatoms. The normalized spacial score (nSPS) is 15.4. The van der Waals surface area contributed by atoms with Crippen molar-refractivity contribution >= 4 is 23.3 Å². The molecule has 0 saturated carbocycles. The molecule has 144 valence electrons. The van der Waals surface area contributed by atoms with E-state index >= 15 is 0 Å². The fraction of sp³-hybridized carbons (Fsp3) is 0.632. The van der Waals surface area contributed by atoms with Crippen LogP contribution in [0, 0.1) is 6.92 Å². The highest BCUT2D eigenvalue weighted by Crippen LogP contribution is 2.08. The Morgan fingerprint density at radius 2 is 2.15 bits per heavy atom. The maximum atomic E-state index is 11.3. The summed E-state index contributed by atoms with van der Waals surface area (Å²) in [6.45, 7) is 9.77. The second-order valence-electron chi connectivity index (χ2n) is 6.53. The van der Waals surface area contributed by atoms with E-state index in [0.29, 0.717) is 19.6 Å². The molecule has 1 aliphatic rings. The van der Waals surface area contributed by atoms with E-state index in [4.69, 9.17) is 17.0 Å². The van der Waals surface area contributed by atoms with Crippen LogP contribution in [0.2, 0.25) is 0 Å². The van der Waals surface area contributed by atoms with Gasteiger partial charge in [0, 0.05) is 51.4 Å². The summed E-state index contributed by atoms with van der Waals surface area (Å²) in [5.74, 6) is -0.143. The van der Waals surface area contributed by atoms with E-state index in [9.17, 15) is 4.79 Å². The molecule has 0 aromatic carbocycles. The Labute approximate surface area is 161 Å². The molecule has 26 heavy (non-hydrogen) atoms. The first kappa shape index (κ1) is 20.6. The molecular formula is C19H30N4O2S. The highest BCUT2D eigenvalue weighted by molar-refractivity contribution is 7.80. The SMILES string of the molecule is CCOC(=O)CCCNC(=S)N1CCCN(Cc2cccc(C)n2)CC1. The van der Waals surface area contributed by atoms with Gasteiger partial charge in [0.25, 0.3) is 0 Å². The maximum Gasteiger partial charge on any atom is 0.305 e. The van der Waals surface area contributed by atoms with Crippen molar-refractivity contribution in [1.29, 1.82) is 0 Å². The van der Waals surface area contributed by atoms with Crippen LogP contribution < -0.4 is 5.32 Å². The van der Waals surface area contributed by atoms with Gasteiger partial charge in [0.05, 0.1) is 12.3 Å². The van der Waals surface area contributed by atoms with Gasteiger partial charge in [0.2, 0.25) is 0 Å². The van der Waals surface area contributed by atoms with E-state index in [0.717, 1.165) is 62.1 Å². The lowest BCUT2D eigenvalue weighted by molar-refractivity contribution is -0.143. The summed E-state index contributed by atoms with van der Waals surface area (Å²) in [7, 11) is 0. The largest absolute Gasteiger partial charge is 0.466 e. The number of pyridine rings is 1. The number of thiocarbonyl (C=S) groups is 1. The number of carbonyl (C=O) groups is 1. The number of rotatable bonds is 7. The third kappa shape index (κ3) is 7.25. The predicted octanol–water partition coefficient (Wildman–Crippen LogP) is 2.12. The second-order valence-corrected chi connectivity index (χ2v) is 6.91. The molecule has 0 aliphatic carbocycles. The number of ether oxygens (including phenoxy) is 1. The number of nitrogens with one attached hydrogen (secondary N) is 1. The standard InChI is InChI=1S/C19H30N4O2S/c1-3-25-18(24)9-5-10-20-19(26)23-12-6-11-22(13-14-23)15-17-8-4-7-16(2)21-17/h4,7-8H,3,5-6,9-15H2,1-2H3,(H,20,26). The van der Waals surface area contributed by atoms with Crippen LogP contribution in [0.15, 0.2) is 18.2 Å². The van der Waals surface area contributed by atoms with Crippen LogP contribution in [0.1, 0.15) is 37.6 Å². The van der Waals surface area contributed by atoms with Crippen molar-refractivity contribution in [3.8, 4) is 0 Å². The van der Waals surface area contributed by atoms with E-state index in [2.05, 4.69) is 32.2 Å². The van der Waals surface area contributed by atoms with Crippen molar-refractivity contribution in [1.82, 2.24) is 20.1 Å². The Hall–Kier alpha value is -1.73. The third-order valence-corrected chi connectivity index (χ3v) is 4.75. The van der Waals surface area contributed by atoms with Crippen molar-refractivity contribution in [3.63, 3.8) is 0 Å². The number of aromatic nitrogens is 1. The predicted molar refractivity (Wildman–Crippen MR) is 107 cm³/mol. The number of hydrogen-bond donors (Lipinski definition) is 1. The number of nitrogens with zero attached hydrogens (tertiary/aromatic N) is 3. The molecule has 2 rings (SSSR count). The van der Waals surface area contributed by atoms with Crippen LogP contribution in [0.3, 0.4) is 0 Å². The third-order valence-electron chi connectivity index (χ3n) is 4.35. The maximum absolute atomic E-state index is 11.3. The fourth-order valence-electron chi connectivity index (χ4n) is 3.02. The van der Waals surface area contributed by atoms with Gasteiger partial charge >= 0.3 is 5.97 Å². The zero-order chi connectivity index (χ0) is 18.8. The van der Waals surface area contributed by atoms with Crippen LogP contribution >= 0.6 is 12.2 Å². The Balaban J connectivity index is 1.70. The summed E-state index contributed by atoms with van der Waals surface area (Å²) >= 11 is 5.52. The van der Waals surface area contributed by atoms with Gasteiger partial charge in [-0.3, -0.25) is 14.7 Å². The molecule has 0 unspecified atom stereocenters. The van der Waals surface area contributed by atoms with Crippen molar-refractivity contribution in [2.24, 2.45) is 0 Å². The first-order chi connectivity index (χ1) is 12.6.